The van der Waals surface area contributed by atoms with Crippen molar-refractivity contribution in [1.82, 2.24) is 0 Å². The molecule has 146 valence electrons. The number of carbonyl (C=O) groups is 3. The predicted molar refractivity (Wildman–Crippen MR) is 82.4 cm³/mol. The summed E-state index contributed by atoms with van der Waals surface area (Å²) in [6.45, 7) is 2.67. The zero-order chi connectivity index (χ0) is 19.7. The lowest BCUT2D eigenvalue weighted by atomic mass is 9.98. The Morgan fingerprint density at radius 3 is 2.08 bits per heavy atom. The molecule has 1 aliphatic rings. The second-order valence-electron chi connectivity index (χ2n) is 5.27. The van der Waals surface area contributed by atoms with Crippen LogP contribution in [0.4, 0.5) is 0 Å². The summed E-state index contributed by atoms with van der Waals surface area (Å²) in [5.74, 6) is -2.15. The van der Waals surface area contributed by atoms with E-state index in [1.165, 1.54) is 0 Å². The fourth-order valence-corrected chi connectivity index (χ4v) is 2.39. The molecule has 1 fully saturated rings. The summed E-state index contributed by atoms with van der Waals surface area (Å²) in [5, 5.41) is 12.8. The molecule has 0 saturated carbocycles. The molecule has 1 heterocycles. The molecule has 0 aliphatic carbocycles. The van der Waals surface area contributed by atoms with E-state index in [1.54, 1.807) is 0 Å². The number of hydrogen-bond donors (Lipinski definition) is 1. The highest BCUT2D eigenvalue weighted by molar-refractivity contribution is 5.68. The summed E-state index contributed by atoms with van der Waals surface area (Å²) < 4.78 is 26.3. The lowest BCUT2D eigenvalue weighted by Gasteiger charge is -2.43. The summed E-state index contributed by atoms with van der Waals surface area (Å²) in [5.41, 5.74) is 8.28. The highest BCUT2D eigenvalue weighted by Crippen LogP contribution is 2.29. The minimum Gasteiger partial charge on any atom is -0.456 e. The molecule has 1 N–H and O–H groups in total. The van der Waals surface area contributed by atoms with Gasteiger partial charge in [0.1, 0.15) is 6.10 Å². The highest BCUT2D eigenvalue weighted by atomic mass is 16.7. The normalized spacial score (nSPS) is 27.8. The van der Waals surface area contributed by atoms with Crippen molar-refractivity contribution >= 4 is 17.9 Å². The zero-order valence-electron chi connectivity index (χ0n) is 14.6. The van der Waals surface area contributed by atoms with Crippen LogP contribution in [0.3, 0.4) is 0 Å². The summed E-state index contributed by atoms with van der Waals surface area (Å²) in [6.07, 6.45) is -6.10. The van der Waals surface area contributed by atoms with Gasteiger partial charge in [-0.2, -0.15) is 0 Å². The van der Waals surface area contributed by atoms with Crippen LogP contribution in [0, 0.1) is 0 Å². The van der Waals surface area contributed by atoms with Crippen molar-refractivity contribution in [3.05, 3.63) is 10.4 Å². The van der Waals surface area contributed by atoms with Crippen LogP contribution in [0.1, 0.15) is 20.8 Å². The zero-order valence-corrected chi connectivity index (χ0v) is 14.6. The van der Waals surface area contributed by atoms with Crippen LogP contribution < -0.4 is 0 Å². The maximum atomic E-state index is 11.5. The number of nitrogens with zero attached hydrogens (tertiary/aromatic N) is 3. The average Bonchev–Trinajstić information content (AvgIpc) is 2.54. The predicted octanol–water partition coefficient (Wildman–Crippen LogP) is -0.174. The van der Waals surface area contributed by atoms with Gasteiger partial charge in [0, 0.05) is 32.2 Å². The Hall–Kier alpha value is -2.40. The Labute approximate surface area is 148 Å². The van der Waals surface area contributed by atoms with Gasteiger partial charge in [0.25, 0.3) is 0 Å². The lowest BCUT2D eigenvalue weighted by Crippen LogP contribution is -2.62. The molecule has 12 heteroatoms. The molecular formula is C14H21N3O9. The molecule has 1 saturated heterocycles. The van der Waals surface area contributed by atoms with Gasteiger partial charge in [0.05, 0.1) is 13.2 Å². The number of azide groups is 1. The van der Waals surface area contributed by atoms with Crippen molar-refractivity contribution in [3.63, 3.8) is 0 Å². The van der Waals surface area contributed by atoms with Gasteiger partial charge >= 0.3 is 17.9 Å². The standard InChI is InChI=1S/C14H21N3O9/c1-7(19)23-11-10(6-18)26-14(22-5-4-16-17-15)13(25-9(3)21)12(11)24-8(2)20/h10-14,18H,4-6H2,1-3H3/t10?,11-,12?,13+,14-/m1/s1. The number of aliphatic hydroxyl groups is 1. The van der Waals surface area contributed by atoms with Crippen LogP contribution >= 0.6 is 0 Å². The topological polar surface area (TPSA) is 166 Å². The molecule has 0 aromatic carbocycles. The summed E-state index contributed by atoms with van der Waals surface area (Å²) in [6, 6.07) is 0. The maximum Gasteiger partial charge on any atom is 0.303 e. The van der Waals surface area contributed by atoms with Crippen molar-refractivity contribution in [3.8, 4) is 0 Å². The van der Waals surface area contributed by atoms with E-state index in [2.05, 4.69) is 10.0 Å². The maximum absolute atomic E-state index is 11.5. The number of ether oxygens (including phenoxy) is 5. The molecule has 26 heavy (non-hydrogen) atoms. The molecule has 0 aromatic rings. The molecule has 0 bridgehead atoms. The number of rotatable bonds is 8. The van der Waals surface area contributed by atoms with Crippen molar-refractivity contribution in [2.75, 3.05) is 19.8 Å². The Morgan fingerprint density at radius 1 is 1.04 bits per heavy atom. The number of hydrogen-bond acceptors (Lipinski definition) is 10. The second-order valence-corrected chi connectivity index (χ2v) is 5.27. The molecule has 0 spiro atoms. The van der Waals surface area contributed by atoms with Gasteiger partial charge in [-0.3, -0.25) is 14.4 Å². The Kier molecular flexibility index (Phi) is 8.79. The fourth-order valence-electron chi connectivity index (χ4n) is 2.39. The molecule has 2 unspecified atom stereocenters. The third kappa shape index (κ3) is 6.48. The van der Waals surface area contributed by atoms with Gasteiger partial charge in [-0.15, -0.1) is 0 Å². The van der Waals surface area contributed by atoms with Crippen molar-refractivity contribution in [1.29, 1.82) is 0 Å². The minimum absolute atomic E-state index is 0.0292. The van der Waals surface area contributed by atoms with Crippen LogP contribution in [0.15, 0.2) is 5.11 Å². The van der Waals surface area contributed by atoms with Crippen LogP contribution in [0.2, 0.25) is 0 Å². The third-order valence-electron chi connectivity index (χ3n) is 3.21. The molecule has 5 atom stereocenters. The van der Waals surface area contributed by atoms with E-state index >= 15 is 0 Å². The van der Waals surface area contributed by atoms with E-state index < -0.39 is 55.2 Å². The molecule has 0 radical (unpaired) electrons. The van der Waals surface area contributed by atoms with Gasteiger partial charge in [0.2, 0.25) is 0 Å². The fraction of sp³-hybridized carbons (Fsp3) is 0.786. The van der Waals surface area contributed by atoms with Crippen molar-refractivity contribution in [2.24, 2.45) is 5.11 Å². The van der Waals surface area contributed by atoms with Gasteiger partial charge < -0.3 is 28.8 Å². The molecule has 1 aliphatic heterocycles. The monoisotopic (exact) mass is 375 g/mol. The molecule has 0 aromatic heterocycles. The number of carbonyl (C=O) groups excluding carboxylic acids is 3. The Balaban J connectivity index is 3.12. The summed E-state index contributed by atoms with van der Waals surface area (Å²) in [4.78, 5) is 36.9. The Morgan fingerprint density at radius 2 is 1.58 bits per heavy atom. The first-order valence-electron chi connectivity index (χ1n) is 7.70. The van der Waals surface area contributed by atoms with Gasteiger partial charge in [0.15, 0.2) is 24.6 Å². The van der Waals surface area contributed by atoms with Gasteiger partial charge in [-0.25, -0.2) is 0 Å². The second kappa shape index (κ2) is 10.6. The van der Waals surface area contributed by atoms with Crippen molar-refractivity contribution < 1.29 is 43.2 Å². The summed E-state index contributed by atoms with van der Waals surface area (Å²) >= 11 is 0. The van der Waals surface area contributed by atoms with E-state index in [0.717, 1.165) is 20.8 Å². The van der Waals surface area contributed by atoms with Crippen LogP contribution in [0.25, 0.3) is 10.4 Å². The first-order valence-corrected chi connectivity index (χ1v) is 7.70. The first-order chi connectivity index (χ1) is 12.3. The van der Waals surface area contributed by atoms with E-state index in [-0.39, 0.29) is 13.2 Å². The van der Waals surface area contributed by atoms with Gasteiger partial charge in [-0.05, 0) is 5.53 Å². The third-order valence-corrected chi connectivity index (χ3v) is 3.21. The van der Waals surface area contributed by atoms with E-state index in [4.69, 9.17) is 29.2 Å². The summed E-state index contributed by atoms with van der Waals surface area (Å²) in [7, 11) is 0. The minimum atomic E-state index is -1.27. The van der Waals surface area contributed by atoms with E-state index in [0.29, 0.717) is 0 Å². The van der Waals surface area contributed by atoms with Crippen molar-refractivity contribution in [2.45, 2.75) is 51.5 Å². The molecular weight excluding hydrogens is 354 g/mol. The van der Waals surface area contributed by atoms with E-state index in [1.807, 2.05) is 0 Å². The largest absolute Gasteiger partial charge is 0.456 e. The lowest BCUT2D eigenvalue weighted by molar-refractivity contribution is -0.307. The molecule has 0 amide bonds. The average molecular weight is 375 g/mol. The van der Waals surface area contributed by atoms with E-state index in [9.17, 15) is 19.5 Å². The molecule has 1 rings (SSSR count). The van der Waals surface area contributed by atoms with Crippen LogP contribution in [-0.4, -0.2) is 73.5 Å². The first kappa shape index (κ1) is 21.6. The quantitative estimate of drug-likeness (QED) is 0.151. The number of aliphatic hydroxyl groups excluding tert-OH is 1. The molecule has 12 nitrogen and oxygen atoms in total. The SMILES string of the molecule is CC(=O)OC1[C@H](OC(C)=O)C(CO)O[C@@H](OCCN=[N+]=[N-])[C@H]1OC(C)=O. The van der Waals surface area contributed by atoms with Crippen LogP contribution in [0.5, 0.6) is 0 Å². The highest BCUT2D eigenvalue weighted by Gasteiger charge is 2.52. The van der Waals surface area contributed by atoms with Gasteiger partial charge in [-0.1, -0.05) is 5.11 Å². The smallest absolute Gasteiger partial charge is 0.303 e. The number of esters is 3. The van der Waals surface area contributed by atoms with Crippen LogP contribution in [-0.2, 0) is 38.1 Å². The Bertz CT molecular complexity index is 564.